The first kappa shape index (κ1) is 77.0. The molecule has 1 atom stereocenters. The van der Waals surface area contributed by atoms with Gasteiger partial charge in [-0.1, -0.05) is 259 Å². The highest BCUT2D eigenvalue weighted by Gasteiger charge is 2.19. The summed E-state index contributed by atoms with van der Waals surface area (Å²) < 4.78 is 16.9. The molecule has 0 N–H and O–H groups in total. The summed E-state index contributed by atoms with van der Waals surface area (Å²) in [6.45, 7) is 6.21. The van der Waals surface area contributed by atoms with Crippen LogP contribution in [0.4, 0.5) is 0 Å². The van der Waals surface area contributed by atoms with Crippen molar-refractivity contribution in [3.8, 4) is 0 Å². The highest BCUT2D eigenvalue weighted by molar-refractivity contribution is 5.71. The Morgan fingerprint density at radius 2 is 0.434 bits per heavy atom. The Hall–Kier alpha value is -6.01. The van der Waals surface area contributed by atoms with Gasteiger partial charge in [0.25, 0.3) is 0 Å². The van der Waals surface area contributed by atoms with Gasteiger partial charge in [-0.05, 0) is 167 Å². The lowest BCUT2D eigenvalue weighted by Gasteiger charge is -2.18. The van der Waals surface area contributed by atoms with Crippen molar-refractivity contribution >= 4 is 17.9 Å². The van der Waals surface area contributed by atoms with Crippen molar-refractivity contribution in [2.75, 3.05) is 13.2 Å². The van der Waals surface area contributed by atoms with Gasteiger partial charge in [0.05, 0.1) is 0 Å². The van der Waals surface area contributed by atoms with Crippen molar-refractivity contribution in [1.82, 2.24) is 0 Å². The van der Waals surface area contributed by atoms with Gasteiger partial charge in [-0.25, -0.2) is 0 Å². The SMILES string of the molecule is CC/C=C\C/C=C\C/C=C\C/C=C\C/C=C\C/C=C\CCCCCCCCC(=O)OCC(COC(=O)CCCCC/C=C\C/C=C\C/C=C\C/C=C\C/C=C\CC)OC(=O)CCCC/C=C\C/C=C\C/C=C\C/C=C\C/C=C\C/C=C\CC. The third-order valence-electron chi connectivity index (χ3n) is 12.8. The molecule has 83 heavy (non-hydrogen) atoms. The van der Waals surface area contributed by atoms with Gasteiger partial charge in [-0.3, -0.25) is 14.4 Å². The number of unbranched alkanes of at least 4 members (excludes halogenated alkanes) is 11. The number of ether oxygens (including phenoxy) is 3. The predicted octanol–water partition coefficient (Wildman–Crippen LogP) is 22.8. The summed E-state index contributed by atoms with van der Waals surface area (Å²) in [5.41, 5.74) is 0. The monoisotopic (exact) mass is 1140 g/mol. The summed E-state index contributed by atoms with van der Waals surface area (Å²) in [4.78, 5) is 38.4. The van der Waals surface area contributed by atoms with Crippen LogP contribution in [-0.2, 0) is 28.6 Å². The number of hydrogen-bond donors (Lipinski definition) is 0. The van der Waals surface area contributed by atoms with Crippen molar-refractivity contribution in [2.45, 2.75) is 245 Å². The summed E-state index contributed by atoms with van der Waals surface area (Å²) in [7, 11) is 0. The van der Waals surface area contributed by atoms with Crippen LogP contribution < -0.4 is 0 Å². The Morgan fingerprint density at radius 3 is 0.711 bits per heavy atom. The molecule has 0 aromatic rings. The van der Waals surface area contributed by atoms with E-state index >= 15 is 0 Å². The van der Waals surface area contributed by atoms with Crippen LogP contribution in [0.3, 0.4) is 0 Å². The third-order valence-corrected chi connectivity index (χ3v) is 12.8. The highest BCUT2D eigenvalue weighted by atomic mass is 16.6. The second kappa shape index (κ2) is 68.5. The van der Waals surface area contributed by atoms with Gasteiger partial charge >= 0.3 is 17.9 Å². The number of allylic oxidation sites excluding steroid dienone is 34. The first-order chi connectivity index (χ1) is 41.0. The topological polar surface area (TPSA) is 78.9 Å². The molecule has 1 unspecified atom stereocenters. The minimum Gasteiger partial charge on any atom is -0.462 e. The van der Waals surface area contributed by atoms with Crippen molar-refractivity contribution < 1.29 is 28.6 Å². The van der Waals surface area contributed by atoms with E-state index in [1.807, 2.05) is 0 Å². The average molecular weight is 1140 g/mol. The molecule has 0 saturated heterocycles. The molecule has 0 bridgehead atoms. The molecular formula is C77H116O6. The van der Waals surface area contributed by atoms with E-state index in [-0.39, 0.29) is 37.5 Å². The quantitative estimate of drug-likeness (QED) is 0.0261. The largest absolute Gasteiger partial charge is 0.462 e. The molecule has 0 aliphatic heterocycles. The Labute approximate surface area is 509 Å². The molecule has 0 aromatic heterocycles. The average Bonchev–Trinajstić information content (AvgIpc) is 3.50. The van der Waals surface area contributed by atoms with Gasteiger partial charge in [0.15, 0.2) is 6.10 Å². The summed E-state index contributed by atoms with van der Waals surface area (Å²) in [6, 6.07) is 0. The van der Waals surface area contributed by atoms with Crippen molar-refractivity contribution in [3.05, 3.63) is 207 Å². The molecule has 6 heteroatoms. The molecule has 460 valence electrons. The lowest BCUT2D eigenvalue weighted by atomic mass is 10.1. The van der Waals surface area contributed by atoms with Crippen molar-refractivity contribution in [2.24, 2.45) is 0 Å². The van der Waals surface area contributed by atoms with E-state index in [1.165, 1.54) is 12.8 Å². The van der Waals surface area contributed by atoms with Crippen LogP contribution in [0.5, 0.6) is 0 Å². The molecule has 0 aliphatic carbocycles. The maximum absolute atomic E-state index is 12.9. The van der Waals surface area contributed by atoms with E-state index in [9.17, 15) is 14.4 Å². The maximum atomic E-state index is 12.9. The van der Waals surface area contributed by atoms with Gasteiger partial charge in [0, 0.05) is 19.3 Å². The number of rotatable bonds is 56. The molecule has 6 nitrogen and oxygen atoms in total. The van der Waals surface area contributed by atoms with Crippen LogP contribution in [-0.4, -0.2) is 37.2 Å². The summed E-state index contributed by atoms with van der Waals surface area (Å²) >= 11 is 0. The minimum absolute atomic E-state index is 0.127. The second-order valence-corrected chi connectivity index (χ2v) is 20.5. The number of carbonyl (C=O) groups excluding carboxylic acids is 3. The zero-order chi connectivity index (χ0) is 59.9. The first-order valence-electron chi connectivity index (χ1n) is 32.6. The molecular weight excluding hydrogens is 1020 g/mol. The maximum Gasteiger partial charge on any atom is 0.306 e. The Kier molecular flexibility index (Phi) is 63.5. The Morgan fingerprint density at radius 1 is 0.241 bits per heavy atom. The molecule has 0 fully saturated rings. The van der Waals surface area contributed by atoms with E-state index in [0.717, 1.165) is 180 Å². The minimum atomic E-state index is -0.838. The van der Waals surface area contributed by atoms with E-state index in [2.05, 4.69) is 227 Å². The van der Waals surface area contributed by atoms with Crippen LogP contribution in [0.2, 0.25) is 0 Å². The van der Waals surface area contributed by atoms with Crippen LogP contribution in [0, 0.1) is 0 Å². The molecule has 0 heterocycles. The summed E-state index contributed by atoms with van der Waals surface area (Å²) in [5.74, 6) is -1.03. The molecule has 0 spiro atoms. The molecule has 0 aliphatic rings. The fraction of sp³-hybridized carbons (Fsp3) is 0.519. The molecule has 0 rings (SSSR count). The van der Waals surface area contributed by atoms with E-state index in [4.69, 9.17) is 14.2 Å². The lowest BCUT2D eigenvalue weighted by Crippen LogP contribution is -2.30. The van der Waals surface area contributed by atoms with Gasteiger partial charge in [0.1, 0.15) is 13.2 Å². The second-order valence-electron chi connectivity index (χ2n) is 20.5. The highest BCUT2D eigenvalue weighted by Crippen LogP contribution is 2.12. The summed E-state index contributed by atoms with van der Waals surface area (Å²) in [5, 5.41) is 0. The zero-order valence-electron chi connectivity index (χ0n) is 52.6. The fourth-order valence-corrected chi connectivity index (χ4v) is 8.00. The molecule has 0 aromatic carbocycles. The van der Waals surface area contributed by atoms with Crippen molar-refractivity contribution in [3.63, 3.8) is 0 Å². The molecule has 0 amide bonds. The van der Waals surface area contributed by atoms with Gasteiger partial charge in [-0.2, -0.15) is 0 Å². The smallest absolute Gasteiger partial charge is 0.306 e. The van der Waals surface area contributed by atoms with Gasteiger partial charge < -0.3 is 14.2 Å². The Balaban J connectivity index is 4.60. The summed E-state index contributed by atoms with van der Waals surface area (Å²) in [6.07, 6.45) is 105. The van der Waals surface area contributed by atoms with E-state index in [0.29, 0.717) is 19.3 Å². The standard InChI is InChI=1S/C77H116O6/c1-4-7-10-13-16-19-22-25-28-31-34-36-37-38-39-41-43-46-49-52-55-58-61-64-67-70-76(79)82-73-74(72-81-75(78)69-66-63-60-57-54-51-48-45-42-33-30-27-24-21-18-15-12-9-6-3)83-77(80)71-68-65-62-59-56-53-50-47-44-40-35-32-29-26-23-20-17-14-11-8-5-2/h7-12,16-21,25-30,34-36,38-40,42-43,45-47,50-51,54,56,59,74H,4-6,13-15,22-24,31-33,37,41,44,48-49,52-53,55,57-58,60-73H2,1-3H3/b10-7-,11-8-,12-9-,19-16-,20-17-,21-18-,28-25-,29-26-,30-27-,36-34-,39-38-,40-35-,45-42-,46-43-,50-47-,54-51-,59-56-. The van der Waals surface area contributed by atoms with Crippen LogP contribution >= 0.6 is 0 Å². The Bertz CT molecular complexity index is 2030. The van der Waals surface area contributed by atoms with Crippen LogP contribution in [0.1, 0.15) is 239 Å². The van der Waals surface area contributed by atoms with Crippen molar-refractivity contribution in [1.29, 1.82) is 0 Å². The van der Waals surface area contributed by atoms with Gasteiger partial charge in [0.2, 0.25) is 0 Å². The van der Waals surface area contributed by atoms with E-state index < -0.39 is 6.10 Å². The predicted molar refractivity (Wildman–Crippen MR) is 361 cm³/mol. The molecule has 0 radical (unpaired) electrons. The third kappa shape index (κ3) is 66.7. The number of hydrogen-bond acceptors (Lipinski definition) is 6. The molecule has 0 saturated carbocycles. The first-order valence-corrected chi connectivity index (χ1v) is 32.6. The van der Waals surface area contributed by atoms with Crippen LogP contribution in [0.25, 0.3) is 0 Å². The number of carbonyl (C=O) groups is 3. The zero-order valence-corrected chi connectivity index (χ0v) is 52.6. The van der Waals surface area contributed by atoms with Crippen LogP contribution in [0.15, 0.2) is 207 Å². The van der Waals surface area contributed by atoms with E-state index in [1.54, 1.807) is 0 Å². The lowest BCUT2D eigenvalue weighted by molar-refractivity contribution is -0.167. The number of esters is 3. The van der Waals surface area contributed by atoms with Gasteiger partial charge in [-0.15, -0.1) is 0 Å². The fourth-order valence-electron chi connectivity index (χ4n) is 8.00. The normalized spacial score (nSPS) is 13.5.